The molecule has 2 rings (SSSR count). The van der Waals surface area contributed by atoms with Gasteiger partial charge >= 0.3 is 0 Å². The molecule has 0 radical (unpaired) electrons. The number of rotatable bonds is 3. The van der Waals surface area contributed by atoms with E-state index in [1.807, 2.05) is 6.07 Å². The molecule has 1 heterocycles. The van der Waals surface area contributed by atoms with Crippen LogP contribution < -0.4 is 5.32 Å². The van der Waals surface area contributed by atoms with Crippen molar-refractivity contribution in [1.29, 1.82) is 0 Å². The van der Waals surface area contributed by atoms with E-state index < -0.39 is 0 Å². The summed E-state index contributed by atoms with van der Waals surface area (Å²) in [7, 11) is 2.15. The number of nitrogens with one attached hydrogen (secondary N) is 1. The first-order valence-electron chi connectivity index (χ1n) is 6.42. The van der Waals surface area contributed by atoms with Crippen molar-refractivity contribution in [1.82, 2.24) is 10.2 Å². The minimum absolute atomic E-state index is 0.241. The fourth-order valence-electron chi connectivity index (χ4n) is 2.58. The zero-order chi connectivity index (χ0) is 13.1. The lowest BCUT2D eigenvalue weighted by molar-refractivity contribution is 0.174. The summed E-state index contributed by atoms with van der Waals surface area (Å²) in [6.45, 7) is 5.10. The fraction of sp³-hybridized carbons (Fsp3) is 0.571. The van der Waals surface area contributed by atoms with Crippen molar-refractivity contribution >= 4 is 11.6 Å². The summed E-state index contributed by atoms with van der Waals surface area (Å²) in [4.78, 5) is 2.35. The van der Waals surface area contributed by atoms with Crippen LogP contribution in [-0.2, 0) is 6.54 Å². The van der Waals surface area contributed by atoms with E-state index in [1.165, 1.54) is 6.07 Å². The van der Waals surface area contributed by atoms with Crippen molar-refractivity contribution in [2.24, 2.45) is 5.92 Å². The fourth-order valence-corrected chi connectivity index (χ4v) is 2.78. The highest BCUT2D eigenvalue weighted by Crippen LogP contribution is 2.21. The third-order valence-electron chi connectivity index (χ3n) is 3.69. The molecule has 4 heteroatoms. The lowest BCUT2D eigenvalue weighted by Gasteiger charge is -2.35. The predicted molar refractivity (Wildman–Crippen MR) is 73.3 cm³/mol. The van der Waals surface area contributed by atoms with Crippen LogP contribution in [0.15, 0.2) is 18.2 Å². The van der Waals surface area contributed by atoms with Crippen LogP contribution in [0.1, 0.15) is 18.9 Å². The normalized spacial score (nSPS) is 25.3. The molecule has 2 nitrogen and oxygen atoms in total. The van der Waals surface area contributed by atoms with Gasteiger partial charge in [-0.15, -0.1) is 0 Å². The monoisotopic (exact) mass is 270 g/mol. The van der Waals surface area contributed by atoms with Gasteiger partial charge in [0, 0.05) is 19.1 Å². The number of nitrogens with zero attached hydrogens (tertiary/aromatic N) is 1. The maximum Gasteiger partial charge on any atom is 0.142 e. The molecule has 0 spiro atoms. The van der Waals surface area contributed by atoms with E-state index in [0.29, 0.717) is 18.5 Å². The van der Waals surface area contributed by atoms with Gasteiger partial charge in [0.2, 0.25) is 0 Å². The van der Waals surface area contributed by atoms with Crippen molar-refractivity contribution < 1.29 is 4.39 Å². The van der Waals surface area contributed by atoms with Crippen molar-refractivity contribution in [3.63, 3.8) is 0 Å². The van der Waals surface area contributed by atoms with Crippen LogP contribution in [0.2, 0.25) is 5.02 Å². The van der Waals surface area contributed by atoms with Crippen molar-refractivity contribution in [3.8, 4) is 0 Å². The van der Waals surface area contributed by atoms with E-state index in [-0.39, 0.29) is 10.8 Å². The molecular weight excluding hydrogens is 251 g/mol. The third-order valence-corrected chi connectivity index (χ3v) is 4.12. The van der Waals surface area contributed by atoms with Crippen molar-refractivity contribution in [2.75, 3.05) is 20.1 Å². The largest absolute Gasteiger partial charge is 0.310 e. The number of likely N-dealkylation sites (tertiary alicyclic amines) is 1. The van der Waals surface area contributed by atoms with Crippen molar-refractivity contribution in [2.45, 2.75) is 25.9 Å². The number of benzene rings is 1. The van der Waals surface area contributed by atoms with Crippen LogP contribution in [-0.4, -0.2) is 31.1 Å². The molecule has 2 unspecified atom stereocenters. The van der Waals surface area contributed by atoms with Gasteiger partial charge in [-0.2, -0.15) is 0 Å². The Morgan fingerprint density at radius 3 is 3.00 bits per heavy atom. The Bertz CT molecular complexity index is 411. The average molecular weight is 271 g/mol. The zero-order valence-corrected chi connectivity index (χ0v) is 11.7. The molecule has 2 atom stereocenters. The van der Waals surface area contributed by atoms with Gasteiger partial charge in [-0.05, 0) is 37.6 Å². The Morgan fingerprint density at radius 1 is 1.50 bits per heavy atom. The highest BCUT2D eigenvalue weighted by molar-refractivity contribution is 6.31. The molecule has 1 aromatic rings. The summed E-state index contributed by atoms with van der Waals surface area (Å²) in [6, 6.07) is 5.46. The van der Waals surface area contributed by atoms with E-state index in [4.69, 9.17) is 11.6 Å². The number of piperidine rings is 1. The highest BCUT2D eigenvalue weighted by atomic mass is 35.5. The molecular formula is C14H20ClFN2. The van der Waals surface area contributed by atoms with Gasteiger partial charge in [-0.25, -0.2) is 4.39 Å². The smallest absolute Gasteiger partial charge is 0.142 e. The summed E-state index contributed by atoms with van der Waals surface area (Å²) in [5, 5.41) is 3.74. The molecule has 1 fully saturated rings. The van der Waals surface area contributed by atoms with Gasteiger partial charge in [-0.1, -0.05) is 30.7 Å². The van der Waals surface area contributed by atoms with E-state index >= 15 is 0 Å². The Balaban J connectivity index is 1.93. The molecule has 1 aromatic carbocycles. The van der Waals surface area contributed by atoms with E-state index in [2.05, 4.69) is 24.2 Å². The molecule has 1 saturated heterocycles. The SMILES string of the molecule is CC1CN(C)CCC1NCc1cccc(F)c1Cl. The summed E-state index contributed by atoms with van der Waals surface area (Å²) in [6.07, 6.45) is 1.13. The van der Waals surface area contributed by atoms with Gasteiger partial charge < -0.3 is 10.2 Å². The van der Waals surface area contributed by atoms with Gasteiger partial charge in [0.25, 0.3) is 0 Å². The minimum atomic E-state index is -0.340. The van der Waals surface area contributed by atoms with Crippen LogP contribution in [0.25, 0.3) is 0 Å². The first-order chi connectivity index (χ1) is 8.58. The maximum absolute atomic E-state index is 13.3. The number of hydrogen-bond donors (Lipinski definition) is 1. The highest BCUT2D eigenvalue weighted by Gasteiger charge is 2.23. The van der Waals surface area contributed by atoms with Crippen LogP contribution >= 0.6 is 11.6 Å². The second kappa shape index (κ2) is 6.00. The van der Waals surface area contributed by atoms with Gasteiger partial charge in [-0.3, -0.25) is 0 Å². The topological polar surface area (TPSA) is 15.3 Å². The Morgan fingerprint density at radius 2 is 2.28 bits per heavy atom. The van der Waals surface area contributed by atoms with Gasteiger partial charge in [0.15, 0.2) is 0 Å². The van der Waals surface area contributed by atoms with Crippen LogP contribution in [0.4, 0.5) is 4.39 Å². The van der Waals surface area contributed by atoms with Crippen LogP contribution in [0, 0.1) is 11.7 Å². The molecule has 0 bridgehead atoms. The molecule has 0 amide bonds. The number of halogens is 2. The second-order valence-electron chi connectivity index (χ2n) is 5.23. The molecule has 18 heavy (non-hydrogen) atoms. The summed E-state index contributed by atoms with van der Waals surface area (Å²) in [5.41, 5.74) is 0.836. The second-order valence-corrected chi connectivity index (χ2v) is 5.61. The van der Waals surface area contributed by atoms with Gasteiger partial charge in [0.1, 0.15) is 5.82 Å². The van der Waals surface area contributed by atoms with E-state index in [0.717, 1.165) is 25.1 Å². The van der Waals surface area contributed by atoms with Crippen LogP contribution in [0.5, 0.6) is 0 Å². The van der Waals surface area contributed by atoms with Crippen LogP contribution in [0.3, 0.4) is 0 Å². The summed E-state index contributed by atoms with van der Waals surface area (Å²) >= 11 is 5.95. The molecule has 1 aliphatic heterocycles. The maximum atomic E-state index is 13.3. The predicted octanol–water partition coefficient (Wildman–Crippen LogP) is 2.91. The molecule has 100 valence electrons. The lowest BCUT2D eigenvalue weighted by Crippen LogP contribution is -2.46. The molecule has 0 saturated carbocycles. The van der Waals surface area contributed by atoms with E-state index in [9.17, 15) is 4.39 Å². The molecule has 0 aromatic heterocycles. The minimum Gasteiger partial charge on any atom is -0.310 e. The molecule has 1 N–H and O–H groups in total. The van der Waals surface area contributed by atoms with Gasteiger partial charge in [0.05, 0.1) is 5.02 Å². The summed E-state index contributed by atoms with van der Waals surface area (Å²) < 4.78 is 13.3. The van der Waals surface area contributed by atoms with Crippen molar-refractivity contribution in [3.05, 3.63) is 34.6 Å². The molecule has 0 aliphatic carbocycles. The standard InChI is InChI=1S/C14H20ClFN2/c1-10-9-18(2)7-6-13(10)17-8-11-4-3-5-12(16)14(11)15/h3-5,10,13,17H,6-9H2,1-2H3. The quantitative estimate of drug-likeness (QED) is 0.909. The Kier molecular flexibility index (Phi) is 4.60. The summed E-state index contributed by atoms with van der Waals surface area (Å²) in [5.74, 6) is 0.267. The lowest BCUT2D eigenvalue weighted by atomic mass is 9.94. The Labute approximate surface area is 113 Å². The average Bonchev–Trinajstić information content (AvgIpc) is 2.33. The Hall–Kier alpha value is -0.640. The first-order valence-corrected chi connectivity index (χ1v) is 6.80. The number of hydrogen-bond acceptors (Lipinski definition) is 2. The first kappa shape index (κ1) is 13.8. The third kappa shape index (κ3) is 3.22. The molecule has 1 aliphatic rings. The zero-order valence-electron chi connectivity index (χ0n) is 10.9. The van der Waals surface area contributed by atoms with E-state index in [1.54, 1.807) is 6.07 Å².